The Bertz CT molecular complexity index is 697. The minimum atomic E-state index is -0.790. The first-order valence-corrected chi connectivity index (χ1v) is 16.5. The van der Waals surface area contributed by atoms with E-state index in [0.29, 0.717) is 19.3 Å². The number of rotatable bonds is 28. The minimum Gasteiger partial charge on any atom is -0.462 e. The third-order valence-corrected chi connectivity index (χ3v) is 6.96. The lowest BCUT2D eigenvalue weighted by Gasteiger charge is -2.15. The van der Waals surface area contributed by atoms with Gasteiger partial charge in [-0.25, -0.2) is 0 Å². The average molecular weight is 579 g/mol. The molecule has 6 heteroatoms. The van der Waals surface area contributed by atoms with Crippen LogP contribution in [-0.4, -0.2) is 47.6 Å². The van der Waals surface area contributed by atoms with E-state index in [0.717, 1.165) is 70.1 Å². The number of carbonyl (C=O) groups excluding carboxylic acids is 2. The maximum atomic E-state index is 12.1. The SMILES string of the molecule is CC/C=C/CC(O)/C=C/C=C/CCCCCCCC(=O)OC[C@H](CO)OC(=O)CCCCCCCCCCC(C)C. The molecule has 0 aliphatic carbocycles. The lowest BCUT2D eigenvalue weighted by atomic mass is 10.0. The van der Waals surface area contributed by atoms with Crippen molar-refractivity contribution in [2.75, 3.05) is 13.2 Å². The van der Waals surface area contributed by atoms with Crippen LogP contribution in [-0.2, 0) is 19.1 Å². The molecule has 1 unspecified atom stereocenters. The molecule has 6 nitrogen and oxygen atoms in total. The van der Waals surface area contributed by atoms with Crippen molar-refractivity contribution in [3.05, 3.63) is 36.5 Å². The van der Waals surface area contributed by atoms with Crippen molar-refractivity contribution in [3.63, 3.8) is 0 Å². The highest BCUT2D eigenvalue weighted by Gasteiger charge is 2.16. The van der Waals surface area contributed by atoms with E-state index in [1.807, 2.05) is 24.3 Å². The Morgan fingerprint density at radius 3 is 1.93 bits per heavy atom. The first-order valence-electron chi connectivity index (χ1n) is 16.5. The fraction of sp³-hybridized carbons (Fsp3) is 0.771. The molecule has 0 fully saturated rings. The van der Waals surface area contributed by atoms with Crippen LogP contribution < -0.4 is 0 Å². The highest BCUT2D eigenvalue weighted by Crippen LogP contribution is 2.14. The largest absolute Gasteiger partial charge is 0.462 e. The molecule has 238 valence electrons. The zero-order valence-electron chi connectivity index (χ0n) is 26.6. The molecule has 0 aromatic carbocycles. The molecule has 0 amide bonds. The third-order valence-electron chi connectivity index (χ3n) is 6.96. The predicted molar refractivity (Wildman–Crippen MR) is 170 cm³/mol. The molecule has 0 saturated carbocycles. The number of aliphatic hydroxyl groups excluding tert-OH is 2. The van der Waals surface area contributed by atoms with E-state index in [9.17, 15) is 19.8 Å². The second kappa shape index (κ2) is 29.6. The molecular weight excluding hydrogens is 516 g/mol. The second-order valence-electron chi connectivity index (χ2n) is 11.5. The number of esters is 2. The van der Waals surface area contributed by atoms with E-state index in [1.165, 1.54) is 38.5 Å². The molecule has 0 rings (SSSR count). The maximum absolute atomic E-state index is 12.1. The number of aliphatic hydroxyl groups is 2. The van der Waals surface area contributed by atoms with Gasteiger partial charge in [0.15, 0.2) is 6.10 Å². The summed E-state index contributed by atoms with van der Waals surface area (Å²) >= 11 is 0. The van der Waals surface area contributed by atoms with E-state index in [1.54, 1.807) is 0 Å². The van der Waals surface area contributed by atoms with Crippen molar-refractivity contribution >= 4 is 11.9 Å². The molecule has 0 saturated heterocycles. The highest BCUT2D eigenvalue weighted by molar-refractivity contribution is 5.70. The number of hydrogen-bond donors (Lipinski definition) is 2. The van der Waals surface area contributed by atoms with E-state index >= 15 is 0 Å². The van der Waals surface area contributed by atoms with E-state index < -0.39 is 12.2 Å². The third kappa shape index (κ3) is 29.4. The van der Waals surface area contributed by atoms with Crippen LogP contribution in [0.3, 0.4) is 0 Å². The van der Waals surface area contributed by atoms with Gasteiger partial charge in [0.25, 0.3) is 0 Å². The number of ether oxygens (including phenoxy) is 2. The minimum absolute atomic E-state index is 0.0921. The van der Waals surface area contributed by atoms with Gasteiger partial charge in [-0.15, -0.1) is 0 Å². The van der Waals surface area contributed by atoms with Crippen molar-refractivity contribution in [2.24, 2.45) is 5.92 Å². The van der Waals surface area contributed by atoms with Gasteiger partial charge in [-0.2, -0.15) is 0 Å². The molecule has 2 N–H and O–H groups in total. The Morgan fingerprint density at radius 1 is 0.732 bits per heavy atom. The molecule has 0 radical (unpaired) electrons. The summed E-state index contributed by atoms with van der Waals surface area (Å²) in [5, 5.41) is 19.3. The van der Waals surface area contributed by atoms with E-state index in [-0.39, 0.29) is 25.2 Å². The van der Waals surface area contributed by atoms with Gasteiger partial charge in [-0.1, -0.05) is 128 Å². The average Bonchev–Trinajstić information content (AvgIpc) is 2.94. The van der Waals surface area contributed by atoms with Crippen molar-refractivity contribution in [1.29, 1.82) is 0 Å². The van der Waals surface area contributed by atoms with Gasteiger partial charge in [-0.3, -0.25) is 9.59 Å². The summed E-state index contributed by atoms with van der Waals surface area (Å²) in [5.41, 5.74) is 0. The lowest BCUT2D eigenvalue weighted by Crippen LogP contribution is -2.28. The van der Waals surface area contributed by atoms with Crippen LogP contribution in [0.4, 0.5) is 0 Å². The zero-order chi connectivity index (χ0) is 30.4. The molecule has 0 aliphatic heterocycles. The summed E-state index contributed by atoms with van der Waals surface area (Å²) in [6.45, 7) is 6.18. The summed E-state index contributed by atoms with van der Waals surface area (Å²) in [6.07, 6.45) is 29.6. The van der Waals surface area contributed by atoms with Crippen LogP contribution in [0.15, 0.2) is 36.5 Å². The standard InChI is InChI=1S/C35H62O6/c1-4-5-19-25-32(37)26-21-16-12-7-6-8-13-17-22-27-34(38)40-30-33(29-36)41-35(39)28-23-18-14-10-9-11-15-20-24-31(2)3/h5,12,16,19,21,26,31-33,36-37H,4,6-11,13-15,17-18,20,22-25,27-30H2,1-3H3/b16-12+,19-5+,26-21+/t32?,33-/m0/s1. The van der Waals surface area contributed by atoms with Crippen LogP contribution in [0.25, 0.3) is 0 Å². The first kappa shape index (κ1) is 39.1. The quantitative estimate of drug-likeness (QED) is 0.0418. The molecular formula is C35H62O6. The van der Waals surface area contributed by atoms with Gasteiger partial charge in [0, 0.05) is 12.8 Å². The Hall–Kier alpha value is -1.92. The maximum Gasteiger partial charge on any atom is 0.306 e. The van der Waals surface area contributed by atoms with Crippen LogP contribution in [0.5, 0.6) is 0 Å². The van der Waals surface area contributed by atoms with Crippen LogP contribution >= 0.6 is 0 Å². The van der Waals surface area contributed by atoms with Crippen molar-refractivity contribution in [2.45, 2.75) is 155 Å². The molecule has 0 heterocycles. The topological polar surface area (TPSA) is 93.1 Å². The Balaban J connectivity index is 3.69. The summed E-state index contributed by atoms with van der Waals surface area (Å²) in [6, 6.07) is 0. The van der Waals surface area contributed by atoms with Crippen LogP contribution in [0.1, 0.15) is 143 Å². The molecule has 0 aromatic rings. The second-order valence-corrected chi connectivity index (χ2v) is 11.5. The highest BCUT2D eigenvalue weighted by atomic mass is 16.6. The van der Waals surface area contributed by atoms with Crippen LogP contribution in [0.2, 0.25) is 0 Å². The Morgan fingerprint density at radius 2 is 1.32 bits per heavy atom. The van der Waals surface area contributed by atoms with Gasteiger partial charge >= 0.3 is 11.9 Å². The molecule has 0 spiro atoms. The zero-order valence-corrected chi connectivity index (χ0v) is 26.6. The van der Waals surface area contributed by atoms with E-state index in [4.69, 9.17) is 9.47 Å². The predicted octanol–water partition coefficient (Wildman–Crippen LogP) is 8.55. The fourth-order valence-corrected chi connectivity index (χ4v) is 4.42. The molecule has 41 heavy (non-hydrogen) atoms. The van der Waals surface area contributed by atoms with Gasteiger partial charge in [0.2, 0.25) is 0 Å². The molecule has 2 atom stereocenters. The summed E-state index contributed by atoms with van der Waals surface area (Å²) in [4.78, 5) is 24.1. The smallest absolute Gasteiger partial charge is 0.306 e. The molecule has 0 aliphatic rings. The summed E-state index contributed by atoms with van der Waals surface area (Å²) in [5.74, 6) is 0.147. The van der Waals surface area contributed by atoms with Crippen molar-refractivity contribution in [1.82, 2.24) is 0 Å². The Labute approximate surface area is 251 Å². The molecule has 0 bridgehead atoms. The summed E-state index contributed by atoms with van der Waals surface area (Å²) in [7, 11) is 0. The fourth-order valence-electron chi connectivity index (χ4n) is 4.42. The van der Waals surface area contributed by atoms with Gasteiger partial charge in [-0.05, 0) is 44.4 Å². The van der Waals surface area contributed by atoms with Gasteiger partial charge in [0.1, 0.15) is 6.61 Å². The molecule has 0 aromatic heterocycles. The van der Waals surface area contributed by atoms with E-state index in [2.05, 4.69) is 32.9 Å². The van der Waals surface area contributed by atoms with Gasteiger partial charge in [0.05, 0.1) is 12.7 Å². The Kier molecular flexibility index (Phi) is 28.2. The number of unbranched alkanes of at least 4 members (excludes halogenated alkanes) is 12. The van der Waals surface area contributed by atoms with Gasteiger partial charge < -0.3 is 19.7 Å². The monoisotopic (exact) mass is 578 g/mol. The lowest BCUT2D eigenvalue weighted by molar-refractivity contribution is -0.161. The van der Waals surface area contributed by atoms with Crippen molar-refractivity contribution in [3.8, 4) is 0 Å². The van der Waals surface area contributed by atoms with Crippen LogP contribution in [0, 0.1) is 5.92 Å². The summed E-state index contributed by atoms with van der Waals surface area (Å²) < 4.78 is 10.5. The first-order chi connectivity index (χ1) is 19.9. The number of carbonyl (C=O) groups is 2. The number of hydrogen-bond acceptors (Lipinski definition) is 6. The van der Waals surface area contributed by atoms with Crippen molar-refractivity contribution < 1.29 is 29.3 Å². The normalized spacial score (nSPS) is 13.5. The number of allylic oxidation sites excluding steroid dienone is 4.